The number of thioether (sulfide) groups is 1. The fourth-order valence-electron chi connectivity index (χ4n) is 3.70. The molecule has 0 spiro atoms. The van der Waals surface area contributed by atoms with E-state index >= 15 is 0 Å². The van der Waals surface area contributed by atoms with Gasteiger partial charge in [0.15, 0.2) is 0 Å². The number of ether oxygens (including phenoxy) is 1. The molecule has 0 aliphatic carbocycles. The van der Waals surface area contributed by atoms with E-state index in [0.717, 1.165) is 62.0 Å². The highest BCUT2D eigenvalue weighted by atomic mass is 32.2. The molecule has 4 nitrogen and oxygen atoms in total. The van der Waals surface area contributed by atoms with Crippen LogP contribution in [-0.2, 0) is 13.0 Å². The molecule has 0 saturated carbocycles. The summed E-state index contributed by atoms with van der Waals surface area (Å²) in [5, 5.41) is 0. The number of rotatable bonds is 4. The van der Waals surface area contributed by atoms with Gasteiger partial charge in [0, 0.05) is 44.0 Å². The molecule has 2 aliphatic heterocycles. The molecule has 0 aromatic heterocycles. The van der Waals surface area contributed by atoms with Crippen molar-refractivity contribution < 1.29 is 9.53 Å². The largest absolute Gasteiger partial charge is 0.493 e. The molecule has 1 amide bonds. The monoisotopic (exact) mass is 368 g/mol. The van der Waals surface area contributed by atoms with E-state index in [1.807, 2.05) is 35.4 Å². The zero-order chi connectivity index (χ0) is 17.9. The first kappa shape index (κ1) is 17.4. The summed E-state index contributed by atoms with van der Waals surface area (Å²) in [5.74, 6) is 1.20. The smallest absolute Gasteiger partial charge is 0.255 e. The average molecular weight is 369 g/mol. The van der Waals surface area contributed by atoms with Crippen LogP contribution in [0.5, 0.6) is 5.75 Å². The second-order valence-electron chi connectivity index (χ2n) is 6.81. The quantitative estimate of drug-likeness (QED) is 0.775. The lowest BCUT2D eigenvalue weighted by atomic mass is 10.1. The number of benzene rings is 2. The van der Waals surface area contributed by atoms with E-state index in [1.165, 1.54) is 11.1 Å². The molecule has 26 heavy (non-hydrogen) atoms. The van der Waals surface area contributed by atoms with E-state index in [2.05, 4.69) is 23.1 Å². The van der Waals surface area contributed by atoms with Crippen molar-refractivity contribution in [3.05, 3.63) is 59.2 Å². The predicted molar refractivity (Wildman–Crippen MR) is 105 cm³/mol. The Labute approximate surface area is 159 Å². The number of fused-ring (bicyclic) bond motifs is 1. The predicted octanol–water partition coefficient (Wildman–Crippen LogP) is 3.30. The third-order valence-electron chi connectivity index (χ3n) is 5.16. The van der Waals surface area contributed by atoms with Gasteiger partial charge in [0.2, 0.25) is 0 Å². The second kappa shape index (κ2) is 7.72. The summed E-state index contributed by atoms with van der Waals surface area (Å²) in [4.78, 5) is 18.3. The number of hydrogen-bond donors (Lipinski definition) is 0. The minimum atomic E-state index is 0.157. The van der Waals surface area contributed by atoms with Crippen LogP contribution in [-0.4, -0.2) is 54.7 Å². The SMILES string of the molecule is CSc1ccccc1C(=O)N1CCN(Cc2ccc3c(c2)CCO3)CC1. The molecule has 2 aromatic rings. The normalized spacial score (nSPS) is 17.0. The van der Waals surface area contributed by atoms with Crippen molar-refractivity contribution in [3.8, 4) is 5.75 Å². The molecule has 1 fully saturated rings. The number of amides is 1. The van der Waals surface area contributed by atoms with Gasteiger partial charge in [-0.1, -0.05) is 24.3 Å². The van der Waals surface area contributed by atoms with Gasteiger partial charge in [0.05, 0.1) is 12.2 Å². The Balaban J connectivity index is 1.36. The molecule has 2 aromatic carbocycles. The van der Waals surface area contributed by atoms with Crippen molar-refractivity contribution in [2.24, 2.45) is 0 Å². The molecule has 2 heterocycles. The molecule has 0 unspecified atom stereocenters. The summed E-state index contributed by atoms with van der Waals surface area (Å²) in [7, 11) is 0. The van der Waals surface area contributed by atoms with Crippen molar-refractivity contribution in [2.45, 2.75) is 17.9 Å². The van der Waals surface area contributed by atoms with Crippen molar-refractivity contribution >= 4 is 17.7 Å². The fraction of sp³-hybridized carbons (Fsp3) is 0.381. The average Bonchev–Trinajstić information content (AvgIpc) is 3.16. The number of piperazine rings is 1. The fourth-order valence-corrected chi connectivity index (χ4v) is 4.29. The zero-order valence-electron chi connectivity index (χ0n) is 15.1. The summed E-state index contributed by atoms with van der Waals surface area (Å²) in [6, 6.07) is 14.4. The van der Waals surface area contributed by atoms with E-state index in [-0.39, 0.29) is 5.91 Å². The van der Waals surface area contributed by atoms with Gasteiger partial charge in [-0.25, -0.2) is 0 Å². The first-order chi connectivity index (χ1) is 12.7. The molecule has 1 saturated heterocycles. The van der Waals surface area contributed by atoms with Crippen molar-refractivity contribution in [1.29, 1.82) is 0 Å². The van der Waals surface area contributed by atoms with E-state index < -0.39 is 0 Å². The molecular formula is C21H24N2O2S. The number of hydrogen-bond acceptors (Lipinski definition) is 4. The molecule has 2 aliphatic rings. The maximum Gasteiger partial charge on any atom is 0.255 e. The summed E-state index contributed by atoms with van der Waals surface area (Å²) in [6.45, 7) is 5.15. The number of carbonyl (C=O) groups excluding carboxylic acids is 1. The lowest BCUT2D eigenvalue weighted by Gasteiger charge is -2.35. The standard InChI is InChI=1S/C21H24N2O2S/c1-26-20-5-3-2-4-18(20)21(24)23-11-9-22(10-12-23)15-16-6-7-19-17(14-16)8-13-25-19/h2-7,14H,8-13,15H2,1H3. The van der Waals surface area contributed by atoms with E-state index in [9.17, 15) is 4.79 Å². The molecule has 0 atom stereocenters. The van der Waals surface area contributed by atoms with Crippen molar-refractivity contribution in [1.82, 2.24) is 9.80 Å². The molecule has 5 heteroatoms. The summed E-state index contributed by atoms with van der Waals surface area (Å²) < 4.78 is 5.59. The van der Waals surface area contributed by atoms with Gasteiger partial charge in [-0.15, -0.1) is 11.8 Å². The third-order valence-corrected chi connectivity index (χ3v) is 5.95. The van der Waals surface area contributed by atoms with Gasteiger partial charge in [0.1, 0.15) is 5.75 Å². The first-order valence-corrected chi connectivity index (χ1v) is 10.4. The maximum absolute atomic E-state index is 12.9. The minimum absolute atomic E-state index is 0.157. The van der Waals surface area contributed by atoms with E-state index in [4.69, 9.17) is 4.74 Å². The molecule has 136 valence electrons. The van der Waals surface area contributed by atoms with Crippen LogP contribution in [0.4, 0.5) is 0 Å². The third kappa shape index (κ3) is 3.60. The Morgan fingerprint density at radius 2 is 1.92 bits per heavy atom. The first-order valence-electron chi connectivity index (χ1n) is 9.14. The topological polar surface area (TPSA) is 32.8 Å². The van der Waals surface area contributed by atoms with Crippen LogP contribution < -0.4 is 4.74 Å². The Morgan fingerprint density at radius 3 is 2.73 bits per heavy atom. The van der Waals surface area contributed by atoms with Crippen molar-refractivity contribution in [3.63, 3.8) is 0 Å². The van der Waals surface area contributed by atoms with Crippen LogP contribution in [0.25, 0.3) is 0 Å². The van der Waals surface area contributed by atoms with E-state index in [1.54, 1.807) is 11.8 Å². The van der Waals surface area contributed by atoms with Gasteiger partial charge in [-0.05, 0) is 35.6 Å². The van der Waals surface area contributed by atoms with Gasteiger partial charge in [-0.3, -0.25) is 9.69 Å². The molecule has 0 radical (unpaired) electrons. The van der Waals surface area contributed by atoms with Crippen LogP contribution in [0, 0.1) is 0 Å². The van der Waals surface area contributed by atoms with Gasteiger partial charge < -0.3 is 9.64 Å². The second-order valence-corrected chi connectivity index (χ2v) is 7.66. The van der Waals surface area contributed by atoms with Crippen LogP contribution in [0.3, 0.4) is 0 Å². The van der Waals surface area contributed by atoms with Crippen molar-refractivity contribution in [2.75, 3.05) is 39.0 Å². The number of carbonyl (C=O) groups is 1. The zero-order valence-corrected chi connectivity index (χ0v) is 15.9. The Hall–Kier alpha value is -1.98. The Morgan fingerprint density at radius 1 is 1.12 bits per heavy atom. The van der Waals surface area contributed by atoms with Crippen LogP contribution in [0.2, 0.25) is 0 Å². The van der Waals surface area contributed by atoms with Crippen LogP contribution >= 0.6 is 11.8 Å². The number of nitrogens with zero attached hydrogens (tertiary/aromatic N) is 2. The van der Waals surface area contributed by atoms with E-state index in [0.29, 0.717) is 0 Å². The highest BCUT2D eigenvalue weighted by Gasteiger charge is 2.24. The summed E-state index contributed by atoms with van der Waals surface area (Å²) in [6.07, 6.45) is 3.03. The summed E-state index contributed by atoms with van der Waals surface area (Å²) in [5.41, 5.74) is 3.49. The lowest BCUT2D eigenvalue weighted by Crippen LogP contribution is -2.48. The van der Waals surface area contributed by atoms with Gasteiger partial charge in [-0.2, -0.15) is 0 Å². The highest BCUT2D eigenvalue weighted by Crippen LogP contribution is 2.27. The minimum Gasteiger partial charge on any atom is -0.493 e. The van der Waals surface area contributed by atoms with Crippen LogP contribution in [0.15, 0.2) is 47.4 Å². The van der Waals surface area contributed by atoms with Gasteiger partial charge >= 0.3 is 0 Å². The Kier molecular flexibility index (Phi) is 5.18. The van der Waals surface area contributed by atoms with Gasteiger partial charge in [0.25, 0.3) is 5.91 Å². The summed E-state index contributed by atoms with van der Waals surface area (Å²) >= 11 is 1.63. The lowest BCUT2D eigenvalue weighted by molar-refractivity contribution is 0.0625. The van der Waals surface area contributed by atoms with Crippen LogP contribution in [0.1, 0.15) is 21.5 Å². The molecule has 4 rings (SSSR count). The molecule has 0 N–H and O–H groups in total. The molecular weight excluding hydrogens is 344 g/mol. The Bertz CT molecular complexity index is 800. The molecule has 0 bridgehead atoms. The maximum atomic E-state index is 12.9. The highest BCUT2D eigenvalue weighted by molar-refractivity contribution is 7.98.